The number of carbonyl (C=O) groups excluding carboxylic acids is 2. The first kappa shape index (κ1) is 22.3. The lowest BCUT2D eigenvalue weighted by Gasteiger charge is -2.12. The summed E-state index contributed by atoms with van der Waals surface area (Å²) in [5.41, 5.74) is 2.25. The summed E-state index contributed by atoms with van der Waals surface area (Å²) < 4.78 is 11.0. The molecule has 0 aliphatic heterocycles. The highest BCUT2D eigenvalue weighted by atomic mass is 35.5. The second-order valence-electron chi connectivity index (χ2n) is 6.56. The Hall–Kier alpha value is -3.89. The van der Waals surface area contributed by atoms with Crippen LogP contribution in [0.25, 0.3) is 11.1 Å². The predicted molar refractivity (Wildman–Crippen MR) is 123 cm³/mol. The van der Waals surface area contributed by atoms with Crippen molar-refractivity contribution in [2.24, 2.45) is 0 Å². The van der Waals surface area contributed by atoms with E-state index in [9.17, 15) is 9.59 Å². The highest BCUT2D eigenvalue weighted by Gasteiger charge is 2.19. The number of aromatic nitrogens is 4. The third-order valence-corrected chi connectivity index (χ3v) is 5.42. The number of benzene rings is 1. The Morgan fingerprint density at radius 3 is 2.73 bits per heavy atom. The number of methoxy groups -OCH3 is 1. The molecule has 11 heteroatoms. The van der Waals surface area contributed by atoms with Crippen molar-refractivity contribution in [2.75, 3.05) is 12.4 Å². The maximum Gasteiger partial charge on any atom is 0.296 e. The SMILES string of the molecule is COc1ccccc1-c1cc(C=O)ncc1C(=O)Nc1nnc(OCc2ccc(Cl)cn2)s1. The first-order valence-corrected chi connectivity index (χ1v) is 10.7. The third kappa shape index (κ3) is 5.30. The Kier molecular flexibility index (Phi) is 6.86. The fraction of sp³-hybridized carbons (Fsp3) is 0.0909. The minimum absolute atomic E-state index is 0.175. The zero-order valence-electron chi connectivity index (χ0n) is 17.2. The van der Waals surface area contributed by atoms with E-state index in [-0.39, 0.29) is 28.2 Å². The van der Waals surface area contributed by atoms with Crippen LogP contribution in [-0.4, -0.2) is 39.5 Å². The van der Waals surface area contributed by atoms with Gasteiger partial charge in [0.05, 0.1) is 23.4 Å². The minimum Gasteiger partial charge on any atom is -0.496 e. The molecule has 9 nitrogen and oxygen atoms in total. The van der Waals surface area contributed by atoms with Crippen LogP contribution in [0.3, 0.4) is 0 Å². The lowest BCUT2D eigenvalue weighted by atomic mass is 9.99. The van der Waals surface area contributed by atoms with E-state index in [0.717, 1.165) is 11.3 Å². The van der Waals surface area contributed by atoms with Gasteiger partial charge in [0.25, 0.3) is 11.1 Å². The van der Waals surface area contributed by atoms with Gasteiger partial charge in [-0.2, -0.15) is 0 Å². The molecular formula is C22H16ClN5O4S. The molecule has 4 rings (SSSR count). The van der Waals surface area contributed by atoms with Gasteiger partial charge in [0.2, 0.25) is 5.13 Å². The number of hydrogen-bond acceptors (Lipinski definition) is 9. The van der Waals surface area contributed by atoms with Gasteiger partial charge in [0, 0.05) is 23.5 Å². The molecule has 4 aromatic rings. The molecule has 0 radical (unpaired) electrons. The number of nitrogens with zero attached hydrogens (tertiary/aromatic N) is 4. The number of carbonyl (C=O) groups is 2. The Morgan fingerprint density at radius 1 is 1.12 bits per heavy atom. The van der Waals surface area contributed by atoms with Crippen LogP contribution >= 0.6 is 22.9 Å². The van der Waals surface area contributed by atoms with E-state index >= 15 is 0 Å². The Bertz CT molecular complexity index is 1300. The van der Waals surface area contributed by atoms with Gasteiger partial charge in [-0.3, -0.25) is 24.9 Å². The smallest absolute Gasteiger partial charge is 0.296 e. The topological polar surface area (TPSA) is 116 Å². The molecule has 0 fully saturated rings. The van der Waals surface area contributed by atoms with Crippen molar-refractivity contribution in [3.8, 4) is 22.1 Å². The second kappa shape index (κ2) is 10.2. The lowest BCUT2D eigenvalue weighted by molar-refractivity contribution is 0.102. The number of nitrogens with one attached hydrogen (secondary N) is 1. The van der Waals surface area contributed by atoms with Crippen molar-refractivity contribution in [2.45, 2.75) is 6.61 Å². The molecule has 0 aliphatic rings. The van der Waals surface area contributed by atoms with E-state index in [4.69, 9.17) is 21.1 Å². The summed E-state index contributed by atoms with van der Waals surface area (Å²) in [6.45, 7) is 0.175. The first-order chi connectivity index (χ1) is 16.1. The fourth-order valence-corrected chi connectivity index (χ4v) is 3.62. The summed E-state index contributed by atoms with van der Waals surface area (Å²) >= 11 is 6.89. The predicted octanol–water partition coefficient (Wildman–Crippen LogP) is 4.30. The summed E-state index contributed by atoms with van der Waals surface area (Å²) in [6, 6.07) is 12.2. The van der Waals surface area contributed by atoms with Crippen LogP contribution in [0.2, 0.25) is 5.02 Å². The Labute approximate surface area is 197 Å². The largest absolute Gasteiger partial charge is 0.496 e. The highest BCUT2D eigenvalue weighted by molar-refractivity contribution is 7.17. The maximum absolute atomic E-state index is 13.0. The summed E-state index contributed by atoms with van der Waals surface area (Å²) in [6.07, 6.45) is 3.48. The number of halogens is 1. The minimum atomic E-state index is -0.470. The normalized spacial score (nSPS) is 10.5. The van der Waals surface area contributed by atoms with E-state index in [2.05, 4.69) is 25.5 Å². The molecule has 0 unspecified atom stereocenters. The standard InChI is InChI=1S/C22H16ClN5O4S/c1-31-19-5-3-2-4-16(19)17-8-15(11-29)25-10-18(17)20(30)26-21-27-28-22(33-21)32-12-14-7-6-13(23)9-24-14/h2-11H,12H2,1H3,(H,26,27,30). The maximum atomic E-state index is 13.0. The number of anilines is 1. The number of para-hydroxylation sites is 1. The molecule has 0 aliphatic carbocycles. The molecule has 3 heterocycles. The highest BCUT2D eigenvalue weighted by Crippen LogP contribution is 2.33. The summed E-state index contributed by atoms with van der Waals surface area (Å²) in [5, 5.41) is 11.6. The van der Waals surface area contributed by atoms with E-state index in [0.29, 0.717) is 33.9 Å². The molecule has 0 bridgehead atoms. The van der Waals surface area contributed by atoms with Crippen molar-refractivity contribution in [3.05, 3.63) is 76.8 Å². The van der Waals surface area contributed by atoms with Gasteiger partial charge < -0.3 is 9.47 Å². The van der Waals surface area contributed by atoms with Gasteiger partial charge >= 0.3 is 0 Å². The molecule has 1 aromatic carbocycles. The quantitative estimate of drug-likeness (QED) is 0.370. The van der Waals surface area contributed by atoms with Crippen molar-refractivity contribution in [1.29, 1.82) is 0 Å². The van der Waals surface area contributed by atoms with Crippen LogP contribution in [-0.2, 0) is 6.61 Å². The molecule has 0 saturated heterocycles. The number of rotatable bonds is 8. The zero-order chi connectivity index (χ0) is 23.2. The monoisotopic (exact) mass is 481 g/mol. The number of amides is 1. The van der Waals surface area contributed by atoms with Gasteiger partial charge in [-0.1, -0.05) is 34.9 Å². The first-order valence-electron chi connectivity index (χ1n) is 9.54. The van der Waals surface area contributed by atoms with Gasteiger partial charge in [-0.05, 0) is 35.6 Å². The van der Waals surface area contributed by atoms with Crippen LogP contribution in [0.5, 0.6) is 10.9 Å². The lowest BCUT2D eigenvalue weighted by Crippen LogP contribution is -2.14. The zero-order valence-corrected chi connectivity index (χ0v) is 18.8. The fourth-order valence-electron chi connectivity index (χ4n) is 2.92. The number of pyridine rings is 2. The van der Waals surface area contributed by atoms with E-state index in [1.54, 1.807) is 24.3 Å². The molecule has 0 spiro atoms. The summed E-state index contributed by atoms with van der Waals surface area (Å²) in [7, 11) is 1.53. The van der Waals surface area contributed by atoms with Crippen molar-refractivity contribution in [3.63, 3.8) is 0 Å². The van der Waals surface area contributed by atoms with Gasteiger partial charge in [0.15, 0.2) is 6.29 Å². The number of ether oxygens (including phenoxy) is 2. The Balaban J connectivity index is 1.53. The summed E-state index contributed by atoms with van der Waals surface area (Å²) in [5.74, 6) is 0.0833. The van der Waals surface area contributed by atoms with Crippen LogP contribution in [0, 0.1) is 0 Å². The summed E-state index contributed by atoms with van der Waals surface area (Å²) in [4.78, 5) is 32.5. The van der Waals surface area contributed by atoms with Crippen LogP contribution in [0.15, 0.2) is 54.9 Å². The number of hydrogen-bond donors (Lipinski definition) is 1. The van der Waals surface area contributed by atoms with Crippen LogP contribution < -0.4 is 14.8 Å². The van der Waals surface area contributed by atoms with Crippen LogP contribution in [0.1, 0.15) is 26.5 Å². The van der Waals surface area contributed by atoms with Crippen molar-refractivity contribution >= 4 is 40.3 Å². The molecule has 1 amide bonds. The molecule has 3 aromatic heterocycles. The van der Waals surface area contributed by atoms with Gasteiger partial charge in [-0.25, -0.2) is 0 Å². The third-order valence-electron chi connectivity index (χ3n) is 4.45. The van der Waals surface area contributed by atoms with E-state index in [1.807, 2.05) is 12.1 Å². The van der Waals surface area contributed by atoms with Gasteiger partial charge in [-0.15, -0.1) is 5.10 Å². The second-order valence-corrected chi connectivity index (χ2v) is 7.93. The van der Waals surface area contributed by atoms with Crippen molar-refractivity contribution < 1.29 is 19.1 Å². The molecule has 0 atom stereocenters. The van der Waals surface area contributed by atoms with E-state index in [1.165, 1.54) is 25.6 Å². The van der Waals surface area contributed by atoms with Crippen molar-refractivity contribution in [1.82, 2.24) is 20.2 Å². The molecular weight excluding hydrogens is 466 g/mol. The Morgan fingerprint density at radius 2 is 1.97 bits per heavy atom. The average molecular weight is 482 g/mol. The molecule has 166 valence electrons. The average Bonchev–Trinajstić information content (AvgIpc) is 3.30. The number of aldehydes is 1. The van der Waals surface area contributed by atoms with Crippen LogP contribution in [0.4, 0.5) is 5.13 Å². The van der Waals surface area contributed by atoms with Gasteiger partial charge in [0.1, 0.15) is 18.1 Å². The molecule has 0 saturated carbocycles. The molecule has 33 heavy (non-hydrogen) atoms. The molecule has 1 N–H and O–H groups in total. The van der Waals surface area contributed by atoms with E-state index < -0.39 is 5.91 Å².